The van der Waals surface area contributed by atoms with E-state index in [-0.39, 0.29) is 24.4 Å². The molecular weight excluding hydrogens is 427 g/mol. The Morgan fingerprint density at radius 2 is 1.90 bits per heavy atom. The van der Waals surface area contributed by atoms with Crippen LogP contribution >= 0.6 is 11.6 Å². The monoisotopic (exact) mass is 441 g/mol. The molecular formula is C19H15ClF3N3O4. The van der Waals surface area contributed by atoms with Crippen molar-refractivity contribution < 1.29 is 27.5 Å². The third-order valence-corrected chi connectivity index (χ3v) is 4.52. The van der Waals surface area contributed by atoms with Gasteiger partial charge in [0.25, 0.3) is 0 Å². The van der Waals surface area contributed by atoms with Gasteiger partial charge in [-0.25, -0.2) is 4.79 Å². The van der Waals surface area contributed by atoms with Crippen molar-refractivity contribution in [1.82, 2.24) is 9.78 Å². The minimum Gasteiger partial charge on any atom is -0.481 e. The lowest BCUT2D eigenvalue weighted by atomic mass is 9.98. The van der Waals surface area contributed by atoms with Crippen molar-refractivity contribution in [3.05, 3.63) is 74.7 Å². The Kier molecular flexibility index (Phi) is 5.99. The van der Waals surface area contributed by atoms with Crippen molar-refractivity contribution >= 4 is 17.6 Å². The molecule has 0 radical (unpaired) electrons. The van der Waals surface area contributed by atoms with Crippen LogP contribution in [-0.2, 0) is 17.5 Å². The number of alkyl halides is 3. The molecule has 0 saturated heterocycles. The van der Waals surface area contributed by atoms with Gasteiger partial charge in [-0.2, -0.15) is 17.9 Å². The number of hydrogen-bond donors (Lipinski definition) is 2. The summed E-state index contributed by atoms with van der Waals surface area (Å²) >= 11 is 6.01. The first kappa shape index (κ1) is 21.6. The molecule has 1 aromatic heterocycles. The highest BCUT2D eigenvalue weighted by Crippen LogP contribution is 2.30. The first-order chi connectivity index (χ1) is 14.0. The molecule has 0 amide bonds. The molecule has 0 saturated carbocycles. The molecule has 11 heteroatoms. The van der Waals surface area contributed by atoms with Gasteiger partial charge in [-0.3, -0.25) is 4.79 Å². The highest BCUT2D eigenvalue weighted by Gasteiger charge is 2.30. The van der Waals surface area contributed by atoms with E-state index >= 15 is 0 Å². The van der Waals surface area contributed by atoms with E-state index in [1.165, 1.54) is 6.07 Å². The average molecular weight is 442 g/mol. The molecule has 1 heterocycles. The van der Waals surface area contributed by atoms with Crippen LogP contribution in [0.3, 0.4) is 0 Å². The second-order valence-electron chi connectivity index (χ2n) is 6.45. The predicted octanol–water partition coefficient (Wildman–Crippen LogP) is 3.70. The number of carboxylic acids is 1. The van der Waals surface area contributed by atoms with E-state index in [4.69, 9.17) is 26.9 Å². The van der Waals surface area contributed by atoms with Crippen LogP contribution in [-0.4, -0.2) is 20.9 Å². The number of nitrogens with two attached hydrogens (primary N) is 1. The fraction of sp³-hybridized carbons (Fsp3) is 0.211. The molecule has 7 nitrogen and oxygen atoms in total. The van der Waals surface area contributed by atoms with Gasteiger partial charge < -0.3 is 15.3 Å². The number of nitrogens with zero attached hydrogens (tertiary/aromatic N) is 2. The molecule has 0 spiro atoms. The number of halogens is 4. The van der Waals surface area contributed by atoms with Crippen LogP contribution < -0.4 is 11.5 Å². The Hall–Kier alpha value is -3.11. The number of aliphatic carboxylic acids is 1. The Balaban J connectivity index is 1.91. The zero-order chi connectivity index (χ0) is 22.1. The van der Waals surface area contributed by atoms with Gasteiger partial charge in [0, 0.05) is 16.6 Å². The van der Waals surface area contributed by atoms with Gasteiger partial charge in [0.1, 0.15) is 0 Å². The van der Waals surface area contributed by atoms with E-state index in [0.717, 1.165) is 28.9 Å². The number of rotatable bonds is 6. The van der Waals surface area contributed by atoms with Crippen molar-refractivity contribution in [1.29, 1.82) is 0 Å². The third kappa shape index (κ3) is 4.89. The van der Waals surface area contributed by atoms with E-state index in [2.05, 4.69) is 5.10 Å². The fourth-order valence-electron chi connectivity index (χ4n) is 2.86. The zero-order valence-corrected chi connectivity index (χ0v) is 15.9. The lowest BCUT2D eigenvalue weighted by molar-refractivity contribution is -0.138. The van der Waals surface area contributed by atoms with Crippen molar-refractivity contribution in [2.75, 3.05) is 0 Å². The number of benzene rings is 2. The van der Waals surface area contributed by atoms with Crippen LogP contribution in [0.4, 0.5) is 13.2 Å². The summed E-state index contributed by atoms with van der Waals surface area (Å²) in [6.07, 6.45) is -4.82. The van der Waals surface area contributed by atoms with Gasteiger partial charge in [-0.05, 0) is 47.5 Å². The fourth-order valence-corrected chi connectivity index (χ4v) is 3.05. The maximum absolute atomic E-state index is 12.7. The molecule has 1 unspecified atom stereocenters. The lowest BCUT2D eigenvalue weighted by Crippen LogP contribution is -2.21. The smallest absolute Gasteiger partial charge is 0.437 e. The molecule has 0 aliphatic carbocycles. The summed E-state index contributed by atoms with van der Waals surface area (Å²) in [6.45, 7) is -0.119. The van der Waals surface area contributed by atoms with Crippen molar-refractivity contribution in [2.24, 2.45) is 5.73 Å². The molecule has 3 rings (SSSR count). The summed E-state index contributed by atoms with van der Waals surface area (Å²) in [5.41, 5.74) is 6.21. The normalized spacial score (nSPS) is 12.7. The van der Waals surface area contributed by atoms with E-state index in [9.17, 15) is 22.8 Å². The van der Waals surface area contributed by atoms with E-state index in [1.807, 2.05) is 0 Å². The van der Waals surface area contributed by atoms with Gasteiger partial charge in [-0.15, -0.1) is 5.10 Å². The second-order valence-corrected chi connectivity index (χ2v) is 6.89. The summed E-state index contributed by atoms with van der Waals surface area (Å²) in [6, 6.07) is 7.79. The molecule has 30 heavy (non-hydrogen) atoms. The second kappa shape index (κ2) is 8.33. The van der Waals surface area contributed by atoms with Crippen LogP contribution in [0.5, 0.6) is 0 Å². The summed E-state index contributed by atoms with van der Waals surface area (Å²) in [5.74, 6) is -2.10. The molecule has 2 aromatic carbocycles. The van der Waals surface area contributed by atoms with E-state index in [1.54, 1.807) is 12.1 Å². The Labute approximate surface area is 172 Å². The van der Waals surface area contributed by atoms with Gasteiger partial charge in [0.05, 0.1) is 18.5 Å². The predicted molar refractivity (Wildman–Crippen MR) is 101 cm³/mol. The lowest BCUT2D eigenvalue weighted by Gasteiger charge is -2.15. The van der Waals surface area contributed by atoms with Crippen molar-refractivity contribution in [2.45, 2.75) is 25.2 Å². The van der Waals surface area contributed by atoms with Crippen LogP contribution in [0, 0.1) is 0 Å². The molecule has 0 fully saturated rings. The molecule has 1 atom stereocenters. The first-order valence-electron chi connectivity index (χ1n) is 8.56. The summed E-state index contributed by atoms with van der Waals surface area (Å²) < 4.78 is 44.1. The highest BCUT2D eigenvalue weighted by atomic mass is 35.5. The Bertz CT molecular complexity index is 1120. The number of aromatic nitrogens is 2. The number of hydrogen-bond acceptors (Lipinski definition) is 5. The molecule has 0 bridgehead atoms. The van der Waals surface area contributed by atoms with Gasteiger partial charge >= 0.3 is 17.9 Å². The van der Waals surface area contributed by atoms with Crippen molar-refractivity contribution in [3.8, 4) is 11.5 Å². The Morgan fingerprint density at radius 3 is 2.50 bits per heavy atom. The summed E-state index contributed by atoms with van der Waals surface area (Å²) in [5, 5.41) is 13.3. The minimum absolute atomic E-state index is 0.119. The van der Waals surface area contributed by atoms with Crippen LogP contribution in [0.1, 0.15) is 29.2 Å². The maximum atomic E-state index is 12.7. The molecule has 0 aliphatic rings. The molecule has 0 aliphatic heterocycles. The number of carboxylic acid groups (broad SMARTS) is 1. The number of carbonyl (C=O) groups is 1. The third-order valence-electron chi connectivity index (χ3n) is 4.28. The van der Waals surface area contributed by atoms with Crippen molar-refractivity contribution in [3.63, 3.8) is 0 Å². The van der Waals surface area contributed by atoms with Crippen LogP contribution in [0.15, 0.2) is 51.7 Å². The quantitative estimate of drug-likeness (QED) is 0.603. The van der Waals surface area contributed by atoms with E-state index < -0.39 is 29.5 Å². The first-order valence-corrected chi connectivity index (χ1v) is 8.93. The highest BCUT2D eigenvalue weighted by molar-refractivity contribution is 6.30. The summed E-state index contributed by atoms with van der Waals surface area (Å²) in [7, 11) is 0. The van der Waals surface area contributed by atoms with E-state index in [0.29, 0.717) is 16.1 Å². The summed E-state index contributed by atoms with van der Waals surface area (Å²) in [4.78, 5) is 23.1. The molecule has 3 N–H and O–H groups in total. The zero-order valence-electron chi connectivity index (χ0n) is 15.2. The standard InChI is InChI=1S/C19H15ClF3N3O4/c20-13-5-6-14(15(24)8-16(27)28)11(7-13)9-26-18(29)30-17(25-26)10-1-3-12(4-2-10)19(21,22)23/h1-7,15H,8-9,24H2,(H,27,28). The minimum atomic E-state index is -4.49. The van der Waals surface area contributed by atoms with Crippen LogP contribution in [0.2, 0.25) is 5.02 Å². The maximum Gasteiger partial charge on any atom is 0.437 e. The Morgan fingerprint density at radius 1 is 1.23 bits per heavy atom. The van der Waals surface area contributed by atoms with Gasteiger partial charge in [0.2, 0.25) is 5.89 Å². The SMILES string of the molecule is NC(CC(=O)O)c1ccc(Cl)cc1Cn1nc(-c2ccc(C(F)(F)F)cc2)oc1=O. The average Bonchev–Trinajstić information content (AvgIpc) is 3.01. The topological polar surface area (TPSA) is 111 Å². The van der Waals surface area contributed by atoms with Gasteiger partial charge in [-0.1, -0.05) is 17.7 Å². The molecule has 158 valence electrons. The van der Waals surface area contributed by atoms with Gasteiger partial charge in [0.15, 0.2) is 0 Å². The molecule has 3 aromatic rings. The largest absolute Gasteiger partial charge is 0.481 e. The van der Waals surface area contributed by atoms with Crippen LogP contribution in [0.25, 0.3) is 11.5 Å².